The molecule has 0 amide bonds. The molecule has 2 N–H and O–H groups in total. The fraction of sp³-hybridized carbons (Fsp3) is 0.308. The monoisotopic (exact) mass is 216 g/mol. The number of aromatic nitrogens is 1. The highest BCUT2D eigenvalue weighted by molar-refractivity contribution is 5.66. The van der Waals surface area contributed by atoms with Gasteiger partial charge in [0.05, 0.1) is 0 Å². The maximum absolute atomic E-state index is 5.63. The lowest BCUT2D eigenvalue weighted by atomic mass is 10.0. The minimum Gasteiger partial charge on any atom is -0.367 e. The first-order valence-corrected chi connectivity index (χ1v) is 5.53. The second-order valence-electron chi connectivity index (χ2n) is 3.97. The van der Waals surface area contributed by atoms with Crippen LogP contribution in [0.25, 0.3) is 11.3 Å². The van der Waals surface area contributed by atoms with Gasteiger partial charge in [-0.25, -0.2) is 0 Å². The highest BCUT2D eigenvalue weighted by Crippen LogP contribution is 2.26. The minimum absolute atomic E-state index is 0.396. The molecule has 0 radical (unpaired) electrons. The number of nitrogens with zero attached hydrogens (tertiary/aromatic N) is 1. The molecule has 1 aromatic carbocycles. The van der Waals surface area contributed by atoms with E-state index in [1.165, 1.54) is 5.56 Å². The highest BCUT2D eigenvalue weighted by atomic mass is 16.5. The molecule has 1 heterocycles. The maximum atomic E-state index is 5.63. The molecule has 0 aliphatic rings. The summed E-state index contributed by atoms with van der Waals surface area (Å²) in [5, 5.41) is 3.96. The molecular weight excluding hydrogens is 200 g/mol. The Morgan fingerprint density at radius 2 is 1.94 bits per heavy atom. The summed E-state index contributed by atoms with van der Waals surface area (Å²) in [5.41, 5.74) is 9.77. The molecule has 0 fully saturated rings. The van der Waals surface area contributed by atoms with Gasteiger partial charge in [0.2, 0.25) is 5.88 Å². The van der Waals surface area contributed by atoms with Crippen LogP contribution in [0.4, 0.5) is 5.88 Å². The lowest BCUT2D eigenvalue weighted by molar-refractivity contribution is 0.439. The second-order valence-corrected chi connectivity index (χ2v) is 3.97. The minimum atomic E-state index is 0.396. The maximum Gasteiger partial charge on any atom is 0.225 e. The molecule has 3 nitrogen and oxygen atoms in total. The molecule has 0 saturated carbocycles. The van der Waals surface area contributed by atoms with Gasteiger partial charge in [0.25, 0.3) is 0 Å². The van der Waals surface area contributed by atoms with Gasteiger partial charge < -0.3 is 10.3 Å². The third-order valence-electron chi connectivity index (χ3n) is 2.73. The molecule has 3 heteroatoms. The lowest BCUT2D eigenvalue weighted by Gasteiger charge is -2.01. The Bertz CT molecular complexity index is 471. The van der Waals surface area contributed by atoms with Crippen molar-refractivity contribution in [3.8, 4) is 11.3 Å². The average Bonchev–Trinajstić information content (AvgIpc) is 2.62. The summed E-state index contributed by atoms with van der Waals surface area (Å²) in [7, 11) is 0. The van der Waals surface area contributed by atoms with Crippen LogP contribution in [0.3, 0.4) is 0 Å². The Kier molecular flexibility index (Phi) is 2.95. The van der Waals surface area contributed by atoms with Gasteiger partial charge in [-0.1, -0.05) is 42.8 Å². The Balaban J connectivity index is 2.31. The molecule has 2 aromatic rings. The van der Waals surface area contributed by atoms with Crippen LogP contribution in [0.1, 0.15) is 24.5 Å². The van der Waals surface area contributed by atoms with Gasteiger partial charge in [-0.15, -0.1) is 0 Å². The van der Waals surface area contributed by atoms with Crippen LogP contribution in [-0.2, 0) is 6.42 Å². The number of nitrogens with two attached hydrogens (primary N) is 1. The summed E-state index contributed by atoms with van der Waals surface area (Å²) >= 11 is 0. The van der Waals surface area contributed by atoms with Crippen molar-refractivity contribution in [1.29, 1.82) is 0 Å². The Morgan fingerprint density at radius 1 is 1.25 bits per heavy atom. The zero-order valence-corrected chi connectivity index (χ0v) is 9.66. The summed E-state index contributed by atoms with van der Waals surface area (Å²) in [6.07, 6.45) is 2.27. The van der Waals surface area contributed by atoms with E-state index in [9.17, 15) is 0 Å². The van der Waals surface area contributed by atoms with Crippen molar-refractivity contribution in [3.63, 3.8) is 0 Å². The number of nitrogen functional groups attached to an aromatic ring is 1. The van der Waals surface area contributed by atoms with Crippen LogP contribution < -0.4 is 5.73 Å². The Morgan fingerprint density at radius 3 is 2.44 bits per heavy atom. The lowest BCUT2D eigenvalue weighted by Crippen LogP contribution is -1.86. The number of aryl methyl sites for hydroxylation is 1. The predicted octanol–water partition coefficient (Wildman–Crippen LogP) is 3.18. The molecule has 0 saturated heterocycles. The van der Waals surface area contributed by atoms with E-state index in [1.54, 1.807) is 0 Å². The molecule has 0 spiro atoms. The van der Waals surface area contributed by atoms with Crippen LogP contribution in [0.15, 0.2) is 28.8 Å². The molecule has 0 unspecified atom stereocenters. The van der Waals surface area contributed by atoms with Gasteiger partial charge in [0.1, 0.15) is 5.69 Å². The van der Waals surface area contributed by atoms with Crippen molar-refractivity contribution >= 4 is 5.88 Å². The summed E-state index contributed by atoms with van der Waals surface area (Å²) in [4.78, 5) is 0. The van der Waals surface area contributed by atoms with Gasteiger partial charge in [0, 0.05) is 11.1 Å². The second kappa shape index (κ2) is 4.39. The summed E-state index contributed by atoms with van der Waals surface area (Å²) in [6.45, 7) is 4.09. The van der Waals surface area contributed by atoms with E-state index < -0.39 is 0 Å². The largest absolute Gasteiger partial charge is 0.367 e. The van der Waals surface area contributed by atoms with E-state index in [4.69, 9.17) is 10.3 Å². The molecule has 16 heavy (non-hydrogen) atoms. The van der Waals surface area contributed by atoms with Gasteiger partial charge in [-0.3, -0.25) is 0 Å². The van der Waals surface area contributed by atoms with Crippen LogP contribution in [-0.4, -0.2) is 5.16 Å². The molecule has 1 aromatic heterocycles. The smallest absolute Gasteiger partial charge is 0.225 e. The first-order valence-electron chi connectivity index (χ1n) is 5.53. The van der Waals surface area contributed by atoms with Crippen molar-refractivity contribution in [2.75, 3.05) is 5.73 Å². The number of anilines is 1. The van der Waals surface area contributed by atoms with Crippen LogP contribution in [0.5, 0.6) is 0 Å². The van der Waals surface area contributed by atoms with E-state index in [2.05, 4.69) is 36.3 Å². The quantitative estimate of drug-likeness (QED) is 0.857. The van der Waals surface area contributed by atoms with Crippen molar-refractivity contribution in [1.82, 2.24) is 5.16 Å². The van der Waals surface area contributed by atoms with Crippen molar-refractivity contribution < 1.29 is 4.52 Å². The number of benzene rings is 1. The van der Waals surface area contributed by atoms with Gasteiger partial charge in [-0.2, -0.15) is 0 Å². The molecule has 0 atom stereocenters. The summed E-state index contributed by atoms with van der Waals surface area (Å²) in [5.74, 6) is 0.396. The zero-order valence-electron chi connectivity index (χ0n) is 9.66. The molecule has 0 aliphatic carbocycles. The molecule has 84 valence electrons. The van der Waals surface area contributed by atoms with E-state index in [1.807, 2.05) is 6.92 Å². The van der Waals surface area contributed by atoms with Crippen LogP contribution in [0.2, 0.25) is 0 Å². The SMILES string of the molecule is CCCc1ccc(-c2noc(N)c2C)cc1. The fourth-order valence-electron chi connectivity index (χ4n) is 1.74. The third-order valence-corrected chi connectivity index (χ3v) is 2.73. The van der Waals surface area contributed by atoms with Crippen molar-refractivity contribution in [2.24, 2.45) is 0 Å². The topological polar surface area (TPSA) is 52.0 Å². The van der Waals surface area contributed by atoms with Crippen LogP contribution in [0, 0.1) is 6.92 Å². The van der Waals surface area contributed by atoms with Gasteiger partial charge >= 0.3 is 0 Å². The first-order chi connectivity index (χ1) is 7.72. The Hall–Kier alpha value is -1.77. The third kappa shape index (κ3) is 1.94. The number of rotatable bonds is 3. The van der Waals surface area contributed by atoms with E-state index in [0.29, 0.717) is 5.88 Å². The van der Waals surface area contributed by atoms with E-state index in [-0.39, 0.29) is 0 Å². The van der Waals surface area contributed by atoms with Gasteiger partial charge in [0.15, 0.2) is 0 Å². The Labute approximate surface area is 95.3 Å². The first kappa shape index (κ1) is 10.7. The number of hydrogen-bond acceptors (Lipinski definition) is 3. The molecule has 0 bridgehead atoms. The van der Waals surface area contributed by atoms with E-state index >= 15 is 0 Å². The van der Waals surface area contributed by atoms with E-state index in [0.717, 1.165) is 29.7 Å². The molecule has 0 aliphatic heterocycles. The number of hydrogen-bond donors (Lipinski definition) is 1. The summed E-state index contributed by atoms with van der Waals surface area (Å²) < 4.78 is 4.96. The normalized spacial score (nSPS) is 10.6. The van der Waals surface area contributed by atoms with Crippen molar-refractivity contribution in [2.45, 2.75) is 26.7 Å². The van der Waals surface area contributed by atoms with Crippen LogP contribution >= 0.6 is 0 Å². The highest BCUT2D eigenvalue weighted by Gasteiger charge is 2.10. The summed E-state index contributed by atoms with van der Waals surface area (Å²) in [6, 6.07) is 8.39. The average molecular weight is 216 g/mol. The van der Waals surface area contributed by atoms with Crippen molar-refractivity contribution in [3.05, 3.63) is 35.4 Å². The standard InChI is InChI=1S/C13H16N2O/c1-3-4-10-5-7-11(8-6-10)12-9(2)13(14)16-15-12/h5-8H,3-4,14H2,1-2H3. The fourth-order valence-corrected chi connectivity index (χ4v) is 1.74. The zero-order chi connectivity index (χ0) is 11.5. The molecule has 2 rings (SSSR count). The molecular formula is C13H16N2O. The predicted molar refractivity (Wildman–Crippen MR) is 65.1 cm³/mol. The van der Waals surface area contributed by atoms with Gasteiger partial charge in [-0.05, 0) is 18.9 Å².